The van der Waals surface area contributed by atoms with E-state index in [1.54, 1.807) is 7.11 Å². The van der Waals surface area contributed by atoms with Crippen LogP contribution in [0.15, 0.2) is 24.3 Å². The first-order valence-electron chi connectivity index (χ1n) is 4.04. The molecule has 1 unspecified atom stereocenters. The molecule has 0 saturated carbocycles. The number of nitrogens with two attached hydrogens (primary N) is 1. The fourth-order valence-electron chi connectivity index (χ4n) is 1.01. The Kier molecular flexibility index (Phi) is 3.54. The number of para-hydroxylation sites is 2. The molecule has 0 saturated heterocycles. The van der Waals surface area contributed by atoms with E-state index in [0.717, 1.165) is 11.4 Å². The molecule has 1 rings (SSSR count). The van der Waals surface area contributed by atoms with E-state index in [1.165, 1.54) is 0 Å². The normalized spacial score (nSPS) is 12.2. The Morgan fingerprint density at radius 3 is 2.85 bits per heavy atom. The van der Waals surface area contributed by atoms with Crippen LogP contribution < -0.4 is 15.8 Å². The number of nitrogens with one attached hydrogen (secondary N) is 1. The predicted octanol–water partition coefficient (Wildman–Crippen LogP) is 0.384. The third-order valence-electron chi connectivity index (χ3n) is 1.61. The van der Waals surface area contributed by atoms with Crippen LogP contribution in [0.1, 0.15) is 0 Å². The fraction of sp³-hybridized carbons (Fsp3) is 0.333. The quantitative estimate of drug-likeness (QED) is 0.589. The number of hydrogen-bond acceptors (Lipinski definition) is 4. The van der Waals surface area contributed by atoms with Gasteiger partial charge in [-0.25, -0.2) is 0 Å². The van der Waals surface area contributed by atoms with Gasteiger partial charge < -0.3 is 20.9 Å². The Labute approximate surface area is 77.3 Å². The van der Waals surface area contributed by atoms with E-state index < -0.39 is 6.23 Å². The highest BCUT2D eigenvalue weighted by atomic mass is 16.5. The lowest BCUT2D eigenvalue weighted by atomic mass is 10.3. The summed E-state index contributed by atoms with van der Waals surface area (Å²) in [4.78, 5) is 0. The van der Waals surface area contributed by atoms with Crippen molar-refractivity contribution in [1.29, 1.82) is 0 Å². The lowest BCUT2D eigenvalue weighted by molar-refractivity contribution is 0.195. The van der Waals surface area contributed by atoms with Crippen LogP contribution in [0.2, 0.25) is 0 Å². The van der Waals surface area contributed by atoms with Crippen molar-refractivity contribution in [3.63, 3.8) is 0 Å². The van der Waals surface area contributed by atoms with Gasteiger partial charge >= 0.3 is 0 Å². The third-order valence-corrected chi connectivity index (χ3v) is 1.61. The van der Waals surface area contributed by atoms with Crippen molar-refractivity contribution in [3.8, 4) is 5.75 Å². The molecule has 0 spiro atoms. The molecule has 4 N–H and O–H groups in total. The van der Waals surface area contributed by atoms with Gasteiger partial charge in [-0.3, -0.25) is 0 Å². The Bertz CT molecular complexity index is 264. The summed E-state index contributed by atoms with van der Waals surface area (Å²) >= 11 is 0. The first kappa shape index (κ1) is 9.83. The summed E-state index contributed by atoms with van der Waals surface area (Å²) in [6, 6.07) is 7.46. The number of ether oxygens (including phenoxy) is 1. The molecule has 4 heteroatoms. The molecule has 1 atom stereocenters. The summed E-state index contributed by atoms with van der Waals surface area (Å²) in [5.74, 6) is 0.739. The van der Waals surface area contributed by atoms with Crippen LogP contribution in [0.25, 0.3) is 0 Å². The number of anilines is 1. The first-order valence-corrected chi connectivity index (χ1v) is 4.04. The number of methoxy groups -OCH3 is 1. The molecule has 1 aromatic rings. The van der Waals surface area contributed by atoms with Gasteiger partial charge in [0.1, 0.15) is 12.0 Å². The van der Waals surface area contributed by atoms with Gasteiger partial charge in [-0.2, -0.15) is 0 Å². The van der Waals surface area contributed by atoms with Crippen LogP contribution in [0.4, 0.5) is 5.69 Å². The smallest absolute Gasteiger partial charge is 0.141 e. The average molecular weight is 182 g/mol. The number of benzene rings is 1. The van der Waals surface area contributed by atoms with Gasteiger partial charge in [-0.05, 0) is 12.1 Å². The van der Waals surface area contributed by atoms with E-state index in [0.29, 0.717) is 6.54 Å². The van der Waals surface area contributed by atoms with Crippen molar-refractivity contribution in [2.75, 3.05) is 19.0 Å². The summed E-state index contributed by atoms with van der Waals surface area (Å²) in [6.07, 6.45) is -0.857. The van der Waals surface area contributed by atoms with Crippen LogP contribution in [0, 0.1) is 0 Å². The minimum absolute atomic E-state index is 0.306. The summed E-state index contributed by atoms with van der Waals surface area (Å²) in [7, 11) is 1.60. The van der Waals surface area contributed by atoms with Crippen LogP contribution in [0.5, 0.6) is 5.75 Å². The van der Waals surface area contributed by atoms with Gasteiger partial charge in [0.25, 0.3) is 0 Å². The summed E-state index contributed by atoms with van der Waals surface area (Å²) < 4.78 is 5.09. The van der Waals surface area contributed by atoms with Gasteiger partial charge in [0.05, 0.1) is 19.3 Å². The highest BCUT2D eigenvalue weighted by molar-refractivity contribution is 5.56. The maximum absolute atomic E-state index is 8.85. The first-order chi connectivity index (χ1) is 6.24. The average Bonchev–Trinajstić information content (AvgIpc) is 2.15. The molecule has 0 bridgehead atoms. The highest BCUT2D eigenvalue weighted by Crippen LogP contribution is 2.22. The predicted molar refractivity (Wildman–Crippen MR) is 51.7 cm³/mol. The molecule has 0 aliphatic carbocycles. The lowest BCUT2D eigenvalue weighted by Gasteiger charge is -2.11. The number of aliphatic hydroxyl groups excluding tert-OH is 1. The Hall–Kier alpha value is -1.26. The Morgan fingerprint density at radius 1 is 1.54 bits per heavy atom. The molecule has 0 aromatic heterocycles. The zero-order valence-corrected chi connectivity index (χ0v) is 7.53. The second-order valence-corrected chi connectivity index (χ2v) is 2.65. The molecule has 0 radical (unpaired) electrons. The van der Waals surface area contributed by atoms with Gasteiger partial charge in [0, 0.05) is 0 Å². The maximum atomic E-state index is 8.85. The topological polar surface area (TPSA) is 67.5 Å². The Balaban J connectivity index is 2.64. The van der Waals surface area contributed by atoms with Gasteiger partial charge in [-0.15, -0.1) is 0 Å². The molecule has 4 nitrogen and oxygen atoms in total. The highest BCUT2D eigenvalue weighted by Gasteiger charge is 2.01. The molecule has 0 aliphatic heterocycles. The zero-order chi connectivity index (χ0) is 9.68. The van der Waals surface area contributed by atoms with Gasteiger partial charge in [0.15, 0.2) is 0 Å². The fourth-order valence-corrected chi connectivity index (χ4v) is 1.01. The monoisotopic (exact) mass is 182 g/mol. The number of aliphatic hydroxyl groups is 1. The summed E-state index contributed by atoms with van der Waals surface area (Å²) in [5, 5.41) is 11.8. The Morgan fingerprint density at radius 2 is 2.23 bits per heavy atom. The van der Waals surface area contributed by atoms with Crippen LogP contribution in [-0.4, -0.2) is 25.0 Å². The third kappa shape index (κ3) is 2.93. The number of hydrogen-bond donors (Lipinski definition) is 3. The largest absolute Gasteiger partial charge is 0.495 e. The molecule has 0 amide bonds. The van der Waals surface area contributed by atoms with Crippen LogP contribution in [-0.2, 0) is 0 Å². The van der Waals surface area contributed by atoms with E-state index >= 15 is 0 Å². The molecule has 1 aromatic carbocycles. The van der Waals surface area contributed by atoms with E-state index in [2.05, 4.69) is 5.32 Å². The van der Waals surface area contributed by atoms with Gasteiger partial charge in [-0.1, -0.05) is 12.1 Å². The molecule has 72 valence electrons. The van der Waals surface area contributed by atoms with E-state index in [9.17, 15) is 0 Å². The van der Waals surface area contributed by atoms with Crippen molar-refractivity contribution in [1.82, 2.24) is 0 Å². The minimum atomic E-state index is -0.857. The van der Waals surface area contributed by atoms with E-state index in [1.807, 2.05) is 24.3 Å². The number of rotatable bonds is 4. The summed E-state index contributed by atoms with van der Waals surface area (Å²) in [5.41, 5.74) is 6.01. The van der Waals surface area contributed by atoms with Crippen molar-refractivity contribution in [3.05, 3.63) is 24.3 Å². The molecule has 13 heavy (non-hydrogen) atoms. The van der Waals surface area contributed by atoms with Crippen LogP contribution >= 0.6 is 0 Å². The van der Waals surface area contributed by atoms with Crippen molar-refractivity contribution < 1.29 is 9.84 Å². The van der Waals surface area contributed by atoms with Crippen molar-refractivity contribution in [2.45, 2.75) is 6.23 Å². The molecule has 0 fully saturated rings. The van der Waals surface area contributed by atoms with Crippen molar-refractivity contribution in [2.24, 2.45) is 5.73 Å². The SMILES string of the molecule is COc1ccccc1NCC(N)O. The summed E-state index contributed by atoms with van der Waals surface area (Å²) in [6.45, 7) is 0.306. The standard InChI is InChI=1S/C9H14N2O2/c1-13-8-5-3-2-4-7(8)11-6-9(10)12/h2-5,9,11-12H,6,10H2,1H3. The van der Waals surface area contributed by atoms with Crippen molar-refractivity contribution >= 4 is 5.69 Å². The lowest BCUT2D eigenvalue weighted by Crippen LogP contribution is -2.28. The maximum Gasteiger partial charge on any atom is 0.141 e. The molecular formula is C9H14N2O2. The molecular weight excluding hydrogens is 168 g/mol. The second-order valence-electron chi connectivity index (χ2n) is 2.65. The zero-order valence-electron chi connectivity index (χ0n) is 7.53. The molecule has 0 aliphatic rings. The second kappa shape index (κ2) is 4.69. The van der Waals surface area contributed by atoms with Crippen LogP contribution in [0.3, 0.4) is 0 Å². The van der Waals surface area contributed by atoms with E-state index in [-0.39, 0.29) is 0 Å². The minimum Gasteiger partial charge on any atom is -0.495 e. The van der Waals surface area contributed by atoms with Gasteiger partial charge in [0.2, 0.25) is 0 Å². The van der Waals surface area contributed by atoms with E-state index in [4.69, 9.17) is 15.6 Å². The molecule has 0 heterocycles.